The van der Waals surface area contributed by atoms with E-state index in [0.717, 1.165) is 43.6 Å². The van der Waals surface area contributed by atoms with Crippen molar-refractivity contribution in [2.75, 3.05) is 6.54 Å². The lowest BCUT2D eigenvalue weighted by Gasteiger charge is -2.35. The van der Waals surface area contributed by atoms with Crippen molar-refractivity contribution < 1.29 is 9.21 Å². The lowest BCUT2D eigenvalue weighted by atomic mass is 9.87. The van der Waals surface area contributed by atoms with Gasteiger partial charge in [0, 0.05) is 31.0 Å². The normalized spacial score (nSPS) is 15.7. The lowest BCUT2D eigenvalue weighted by Crippen LogP contribution is -2.44. The summed E-state index contributed by atoms with van der Waals surface area (Å²) in [6, 6.07) is 18.8. The average molecular weight is 389 g/mol. The fourth-order valence-electron chi connectivity index (χ4n) is 4.22. The van der Waals surface area contributed by atoms with Gasteiger partial charge in [0.05, 0.1) is 6.20 Å². The monoisotopic (exact) mass is 388 g/mol. The summed E-state index contributed by atoms with van der Waals surface area (Å²) in [6.45, 7) is 2.95. The van der Waals surface area contributed by atoms with Gasteiger partial charge in [0.25, 0.3) is 0 Å². The van der Waals surface area contributed by atoms with Crippen molar-refractivity contribution in [3.63, 3.8) is 0 Å². The van der Waals surface area contributed by atoms with Gasteiger partial charge in [-0.2, -0.15) is 0 Å². The molecule has 3 aromatic rings. The van der Waals surface area contributed by atoms with E-state index in [0.29, 0.717) is 24.8 Å². The van der Waals surface area contributed by atoms with Crippen LogP contribution in [0.25, 0.3) is 11.3 Å². The van der Waals surface area contributed by atoms with Crippen LogP contribution in [0.3, 0.4) is 0 Å². The standard InChI is InChI=1S/C25H28N2O2/c1-2-16-27(22-13-12-19-8-6-7-11-21(19)17-22)25(28)15-14-24-26-18-23(29-24)20-9-4-3-5-10-20/h3-11,18,22H,2,12-17H2,1H3. The number of nitrogens with zero attached hydrogens (tertiary/aromatic N) is 2. The topological polar surface area (TPSA) is 46.3 Å². The largest absolute Gasteiger partial charge is 0.441 e. The number of amides is 1. The van der Waals surface area contributed by atoms with Gasteiger partial charge in [0.15, 0.2) is 11.7 Å². The smallest absolute Gasteiger partial charge is 0.223 e. The van der Waals surface area contributed by atoms with Crippen molar-refractivity contribution in [2.24, 2.45) is 0 Å². The van der Waals surface area contributed by atoms with E-state index >= 15 is 0 Å². The molecule has 1 heterocycles. The predicted molar refractivity (Wildman–Crippen MR) is 115 cm³/mol. The van der Waals surface area contributed by atoms with E-state index in [-0.39, 0.29) is 5.91 Å². The van der Waals surface area contributed by atoms with Crippen molar-refractivity contribution in [3.8, 4) is 11.3 Å². The molecule has 1 aromatic heterocycles. The number of carbonyl (C=O) groups is 1. The molecule has 4 nitrogen and oxygen atoms in total. The van der Waals surface area contributed by atoms with Crippen molar-refractivity contribution in [1.29, 1.82) is 0 Å². The van der Waals surface area contributed by atoms with E-state index in [1.807, 2.05) is 30.3 Å². The molecule has 0 fully saturated rings. The van der Waals surface area contributed by atoms with Crippen LogP contribution in [0.4, 0.5) is 0 Å². The lowest BCUT2D eigenvalue weighted by molar-refractivity contribution is -0.133. The number of hydrogen-bond donors (Lipinski definition) is 0. The highest BCUT2D eigenvalue weighted by Gasteiger charge is 2.27. The fraction of sp³-hybridized carbons (Fsp3) is 0.360. The molecule has 2 aromatic carbocycles. The van der Waals surface area contributed by atoms with E-state index in [4.69, 9.17) is 4.42 Å². The molecule has 150 valence electrons. The van der Waals surface area contributed by atoms with E-state index in [1.54, 1.807) is 6.20 Å². The second-order valence-corrected chi connectivity index (χ2v) is 7.74. The number of oxazole rings is 1. The number of aromatic nitrogens is 1. The Morgan fingerprint density at radius 2 is 1.86 bits per heavy atom. The number of benzene rings is 2. The summed E-state index contributed by atoms with van der Waals surface area (Å²) < 4.78 is 5.87. The molecule has 29 heavy (non-hydrogen) atoms. The van der Waals surface area contributed by atoms with Crippen LogP contribution in [-0.4, -0.2) is 28.4 Å². The van der Waals surface area contributed by atoms with E-state index < -0.39 is 0 Å². The summed E-state index contributed by atoms with van der Waals surface area (Å²) in [7, 11) is 0. The molecule has 0 saturated heterocycles. The van der Waals surface area contributed by atoms with Crippen LogP contribution in [0.1, 0.15) is 43.2 Å². The van der Waals surface area contributed by atoms with Gasteiger partial charge in [-0.15, -0.1) is 0 Å². The van der Waals surface area contributed by atoms with Gasteiger partial charge in [-0.05, 0) is 36.8 Å². The first-order chi connectivity index (χ1) is 14.2. The van der Waals surface area contributed by atoms with E-state index in [1.165, 1.54) is 11.1 Å². The Hall–Kier alpha value is -2.88. The molecular weight excluding hydrogens is 360 g/mol. The third-order valence-electron chi connectivity index (χ3n) is 5.71. The Kier molecular flexibility index (Phi) is 6.09. The number of aryl methyl sites for hydroxylation is 2. The first kappa shape index (κ1) is 19.4. The molecule has 4 rings (SSSR count). The molecular formula is C25H28N2O2. The first-order valence-electron chi connectivity index (χ1n) is 10.6. The number of fused-ring (bicyclic) bond motifs is 1. The molecule has 1 aliphatic rings. The Labute approximate surface area is 172 Å². The van der Waals surface area contributed by atoms with Gasteiger partial charge < -0.3 is 9.32 Å². The zero-order valence-electron chi connectivity index (χ0n) is 17.0. The van der Waals surface area contributed by atoms with Crippen LogP contribution in [0.5, 0.6) is 0 Å². The van der Waals surface area contributed by atoms with Crippen molar-refractivity contribution in [2.45, 2.75) is 51.5 Å². The Bertz CT molecular complexity index is 948. The second-order valence-electron chi connectivity index (χ2n) is 7.74. The minimum atomic E-state index is 0.204. The molecule has 0 aliphatic heterocycles. The summed E-state index contributed by atoms with van der Waals surface area (Å²) in [6.07, 6.45) is 6.74. The Balaban J connectivity index is 1.39. The van der Waals surface area contributed by atoms with Crippen LogP contribution in [0.2, 0.25) is 0 Å². The number of hydrogen-bond acceptors (Lipinski definition) is 3. The van der Waals surface area contributed by atoms with Crippen molar-refractivity contribution in [1.82, 2.24) is 9.88 Å². The van der Waals surface area contributed by atoms with Crippen molar-refractivity contribution >= 4 is 5.91 Å². The molecule has 0 saturated carbocycles. The summed E-state index contributed by atoms with van der Waals surface area (Å²) in [4.78, 5) is 19.5. The quantitative estimate of drug-likeness (QED) is 0.568. The molecule has 1 amide bonds. The maximum Gasteiger partial charge on any atom is 0.223 e. The highest BCUT2D eigenvalue weighted by atomic mass is 16.4. The minimum Gasteiger partial charge on any atom is -0.441 e. The van der Waals surface area contributed by atoms with Gasteiger partial charge in [0.2, 0.25) is 5.91 Å². The van der Waals surface area contributed by atoms with Gasteiger partial charge in [-0.25, -0.2) is 4.98 Å². The fourth-order valence-corrected chi connectivity index (χ4v) is 4.22. The molecule has 1 aliphatic carbocycles. The molecule has 0 bridgehead atoms. The van der Waals surface area contributed by atoms with Crippen molar-refractivity contribution in [3.05, 3.63) is 77.8 Å². The molecule has 1 unspecified atom stereocenters. The highest BCUT2D eigenvalue weighted by Crippen LogP contribution is 2.26. The zero-order chi connectivity index (χ0) is 20.1. The average Bonchev–Trinajstić information content (AvgIpc) is 3.25. The van der Waals surface area contributed by atoms with Crippen LogP contribution in [-0.2, 0) is 24.1 Å². The van der Waals surface area contributed by atoms with E-state index in [2.05, 4.69) is 41.1 Å². The SMILES string of the molecule is CCCN(C(=O)CCc1ncc(-c2ccccc2)o1)C1CCc2ccccc2C1. The van der Waals surface area contributed by atoms with Crippen LogP contribution < -0.4 is 0 Å². The van der Waals surface area contributed by atoms with Crippen LogP contribution in [0.15, 0.2) is 65.2 Å². The summed E-state index contributed by atoms with van der Waals surface area (Å²) in [5.74, 6) is 1.58. The number of rotatable bonds is 7. The van der Waals surface area contributed by atoms with Crippen LogP contribution in [0, 0.1) is 0 Å². The zero-order valence-corrected chi connectivity index (χ0v) is 17.0. The highest BCUT2D eigenvalue weighted by molar-refractivity contribution is 5.76. The summed E-state index contributed by atoms with van der Waals surface area (Å²) in [5.41, 5.74) is 3.82. The molecule has 4 heteroatoms. The second kappa shape index (κ2) is 9.08. The molecule has 0 spiro atoms. The number of carbonyl (C=O) groups excluding carboxylic acids is 1. The van der Waals surface area contributed by atoms with Crippen LogP contribution >= 0.6 is 0 Å². The minimum absolute atomic E-state index is 0.204. The summed E-state index contributed by atoms with van der Waals surface area (Å²) in [5, 5.41) is 0. The van der Waals surface area contributed by atoms with Gasteiger partial charge in [-0.3, -0.25) is 4.79 Å². The maximum atomic E-state index is 13.1. The summed E-state index contributed by atoms with van der Waals surface area (Å²) >= 11 is 0. The predicted octanol–water partition coefficient (Wildman–Crippen LogP) is 5.07. The Morgan fingerprint density at radius 1 is 1.10 bits per heavy atom. The van der Waals surface area contributed by atoms with Gasteiger partial charge in [-0.1, -0.05) is 61.5 Å². The third kappa shape index (κ3) is 4.58. The molecule has 0 N–H and O–H groups in total. The van der Waals surface area contributed by atoms with Gasteiger partial charge >= 0.3 is 0 Å². The van der Waals surface area contributed by atoms with Gasteiger partial charge in [0.1, 0.15) is 0 Å². The molecule has 1 atom stereocenters. The molecule has 0 radical (unpaired) electrons. The maximum absolute atomic E-state index is 13.1. The Morgan fingerprint density at radius 3 is 2.66 bits per heavy atom. The van der Waals surface area contributed by atoms with E-state index in [9.17, 15) is 4.79 Å². The third-order valence-corrected chi connectivity index (χ3v) is 5.71. The first-order valence-corrected chi connectivity index (χ1v) is 10.6.